The lowest BCUT2D eigenvalue weighted by molar-refractivity contribution is -0.123. The molecule has 0 aromatic heterocycles. The van der Waals surface area contributed by atoms with Crippen molar-refractivity contribution >= 4 is 11.6 Å². The van der Waals surface area contributed by atoms with E-state index in [9.17, 15) is 4.79 Å². The highest BCUT2D eigenvalue weighted by Gasteiger charge is 2.26. The molecule has 1 saturated carbocycles. The molecule has 66 valence electrons. The van der Waals surface area contributed by atoms with Gasteiger partial charge in [-0.3, -0.25) is 9.79 Å². The maximum Gasteiger partial charge on any atom is 0.143 e. The van der Waals surface area contributed by atoms with Gasteiger partial charge in [-0.15, -0.1) is 0 Å². The van der Waals surface area contributed by atoms with Crippen molar-refractivity contribution in [2.45, 2.75) is 25.7 Å². The van der Waals surface area contributed by atoms with E-state index in [2.05, 4.69) is 10.3 Å². The zero-order chi connectivity index (χ0) is 8.39. The first-order chi connectivity index (χ1) is 5.86. The molecule has 12 heavy (non-hydrogen) atoms. The Bertz CT molecular complexity index is 219. The normalized spacial score (nSPS) is 22.8. The molecule has 0 saturated heterocycles. The van der Waals surface area contributed by atoms with Gasteiger partial charge in [0.1, 0.15) is 11.6 Å². The van der Waals surface area contributed by atoms with Crippen molar-refractivity contribution in [3.63, 3.8) is 0 Å². The number of Topliss-reactive ketones (excluding diaryl/α,β-unsaturated/α-hetero) is 1. The average Bonchev–Trinajstić information content (AvgIpc) is 2.34. The van der Waals surface area contributed by atoms with Crippen LogP contribution in [-0.4, -0.2) is 24.7 Å². The van der Waals surface area contributed by atoms with Gasteiger partial charge in [-0.25, -0.2) is 0 Å². The first-order valence-corrected chi connectivity index (χ1v) is 4.66. The second-order valence-corrected chi connectivity index (χ2v) is 3.53. The van der Waals surface area contributed by atoms with Crippen molar-refractivity contribution in [2.24, 2.45) is 10.9 Å². The van der Waals surface area contributed by atoms with Crippen molar-refractivity contribution in [1.82, 2.24) is 5.32 Å². The lowest BCUT2D eigenvalue weighted by Crippen LogP contribution is -2.28. The van der Waals surface area contributed by atoms with E-state index < -0.39 is 0 Å². The molecule has 0 unspecified atom stereocenters. The second-order valence-electron chi connectivity index (χ2n) is 3.53. The second kappa shape index (κ2) is 3.25. The number of carbonyl (C=O) groups is 1. The van der Waals surface area contributed by atoms with E-state index in [0.717, 1.165) is 31.8 Å². The number of ketones is 1. The van der Waals surface area contributed by atoms with Gasteiger partial charge in [0.25, 0.3) is 0 Å². The summed E-state index contributed by atoms with van der Waals surface area (Å²) in [6.45, 7) is 1.75. The fourth-order valence-corrected chi connectivity index (χ4v) is 1.60. The number of carbonyl (C=O) groups excluding carboxylic acids is 1. The van der Waals surface area contributed by atoms with Crippen molar-refractivity contribution < 1.29 is 4.79 Å². The Kier molecular flexibility index (Phi) is 2.11. The van der Waals surface area contributed by atoms with Gasteiger partial charge >= 0.3 is 0 Å². The maximum absolute atomic E-state index is 11.5. The summed E-state index contributed by atoms with van der Waals surface area (Å²) in [6, 6.07) is 0. The van der Waals surface area contributed by atoms with E-state index in [1.54, 1.807) is 0 Å². The molecule has 0 aromatic carbocycles. The molecule has 0 spiro atoms. The van der Waals surface area contributed by atoms with Crippen LogP contribution < -0.4 is 5.32 Å². The van der Waals surface area contributed by atoms with Crippen molar-refractivity contribution in [1.29, 1.82) is 0 Å². The summed E-state index contributed by atoms with van der Waals surface area (Å²) < 4.78 is 0. The van der Waals surface area contributed by atoms with Gasteiger partial charge in [-0.05, 0) is 12.8 Å². The molecule has 2 rings (SSSR count). The molecule has 0 aromatic rings. The Balaban J connectivity index is 1.81. The van der Waals surface area contributed by atoms with Gasteiger partial charge in [0.15, 0.2) is 0 Å². The smallest absolute Gasteiger partial charge is 0.143 e. The first-order valence-electron chi connectivity index (χ1n) is 4.66. The summed E-state index contributed by atoms with van der Waals surface area (Å²) in [5.74, 6) is 1.65. The molecule has 1 N–H and O–H groups in total. The van der Waals surface area contributed by atoms with Crippen LogP contribution in [0.2, 0.25) is 0 Å². The molecule has 2 aliphatic rings. The SMILES string of the molecule is O=C(CC1=NCCN1)C1CCC1. The van der Waals surface area contributed by atoms with Crippen LogP contribution in [0.15, 0.2) is 4.99 Å². The average molecular weight is 166 g/mol. The third-order valence-electron chi connectivity index (χ3n) is 2.65. The molecule has 3 nitrogen and oxygen atoms in total. The number of aliphatic imine (C=N–C) groups is 1. The molecule has 0 bridgehead atoms. The third-order valence-corrected chi connectivity index (χ3v) is 2.65. The maximum atomic E-state index is 11.5. The fraction of sp³-hybridized carbons (Fsp3) is 0.778. The number of hydrogen-bond acceptors (Lipinski definition) is 3. The Labute approximate surface area is 72.3 Å². The van der Waals surface area contributed by atoms with E-state index in [0.29, 0.717) is 18.1 Å². The minimum Gasteiger partial charge on any atom is -0.372 e. The van der Waals surface area contributed by atoms with Gasteiger partial charge in [-0.2, -0.15) is 0 Å². The number of hydrogen-bond donors (Lipinski definition) is 1. The van der Waals surface area contributed by atoms with Crippen molar-refractivity contribution in [2.75, 3.05) is 13.1 Å². The summed E-state index contributed by atoms with van der Waals surface area (Å²) in [5, 5.41) is 3.12. The first kappa shape index (κ1) is 7.77. The van der Waals surface area contributed by atoms with Crippen LogP contribution in [0.3, 0.4) is 0 Å². The van der Waals surface area contributed by atoms with Crippen LogP contribution in [0, 0.1) is 5.92 Å². The molecule has 1 fully saturated rings. The Morgan fingerprint density at radius 2 is 2.42 bits per heavy atom. The Morgan fingerprint density at radius 3 is 2.92 bits per heavy atom. The monoisotopic (exact) mass is 166 g/mol. The quantitative estimate of drug-likeness (QED) is 0.672. The van der Waals surface area contributed by atoms with E-state index >= 15 is 0 Å². The summed E-state index contributed by atoms with van der Waals surface area (Å²) in [7, 11) is 0. The molecular weight excluding hydrogens is 152 g/mol. The van der Waals surface area contributed by atoms with Crippen LogP contribution in [0.4, 0.5) is 0 Å². The highest BCUT2D eigenvalue weighted by Crippen LogP contribution is 2.28. The van der Waals surface area contributed by atoms with Gasteiger partial charge in [0.2, 0.25) is 0 Å². The summed E-state index contributed by atoms with van der Waals surface area (Å²) in [6.07, 6.45) is 3.99. The third kappa shape index (κ3) is 1.49. The zero-order valence-electron chi connectivity index (χ0n) is 7.18. The summed E-state index contributed by atoms with van der Waals surface area (Å²) in [5.41, 5.74) is 0. The predicted octanol–water partition coefficient (Wildman–Crippen LogP) is 0.747. The Morgan fingerprint density at radius 1 is 1.58 bits per heavy atom. The van der Waals surface area contributed by atoms with E-state index in [-0.39, 0.29) is 0 Å². The van der Waals surface area contributed by atoms with Crippen LogP contribution >= 0.6 is 0 Å². The van der Waals surface area contributed by atoms with Crippen LogP contribution in [0.25, 0.3) is 0 Å². The van der Waals surface area contributed by atoms with Crippen molar-refractivity contribution in [3.8, 4) is 0 Å². The lowest BCUT2D eigenvalue weighted by Gasteiger charge is -2.23. The molecule has 1 aliphatic carbocycles. The zero-order valence-corrected chi connectivity index (χ0v) is 7.18. The number of amidine groups is 1. The molecule has 1 heterocycles. The standard InChI is InChI=1S/C9H14N2O/c12-8(7-2-1-3-7)6-9-10-4-5-11-9/h7H,1-6H2,(H,10,11). The predicted molar refractivity (Wildman–Crippen MR) is 47.3 cm³/mol. The van der Waals surface area contributed by atoms with E-state index in [4.69, 9.17) is 0 Å². The minimum atomic E-state index is 0.357. The van der Waals surface area contributed by atoms with Crippen LogP contribution in [0.1, 0.15) is 25.7 Å². The van der Waals surface area contributed by atoms with Gasteiger partial charge in [-0.1, -0.05) is 6.42 Å². The highest BCUT2D eigenvalue weighted by molar-refractivity contribution is 6.02. The molecule has 3 heteroatoms. The van der Waals surface area contributed by atoms with Gasteiger partial charge in [0.05, 0.1) is 13.0 Å². The number of rotatable bonds is 3. The Hall–Kier alpha value is -0.860. The molecule has 0 amide bonds. The number of nitrogens with one attached hydrogen (secondary N) is 1. The lowest BCUT2D eigenvalue weighted by atomic mass is 9.81. The molecule has 0 atom stereocenters. The van der Waals surface area contributed by atoms with Gasteiger partial charge < -0.3 is 5.32 Å². The minimum absolute atomic E-state index is 0.357. The van der Waals surface area contributed by atoms with E-state index in [1.807, 2.05) is 0 Å². The fourth-order valence-electron chi connectivity index (χ4n) is 1.60. The molecule has 0 radical (unpaired) electrons. The van der Waals surface area contributed by atoms with Gasteiger partial charge in [0, 0.05) is 12.5 Å². The summed E-state index contributed by atoms with van der Waals surface area (Å²) in [4.78, 5) is 15.7. The van der Waals surface area contributed by atoms with Crippen LogP contribution in [-0.2, 0) is 4.79 Å². The van der Waals surface area contributed by atoms with Crippen LogP contribution in [0.5, 0.6) is 0 Å². The highest BCUT2D eigenvalue weighted by atomic mass is 16.1. The largest absolute Gasteiger partial charge is 0.372 e. The van der Waals surface area contributed by atoms with Crippen molar-refractivity contribution in [3.05, 3.63) is 0 Å². The topological polar surface area (TPSA) is 41.5 Å². The number of nitrogens with zero attached hydrogens (tertiary/aromatic N) is 1. The molecular formula is C9H14N2O. The summed E-state index contributed by atoms with van der Waals surface area (Å²) >= 11 is 0. The molecule has 1 aliphatic heterocycles. The van der Waals surface area contributed by atoms with E-state index in [1.165, 1.54) is 6.42 Å².